The lowest BCUT2D eigenvalue weighted by atomic mass is 10.0. The van der Waals surface area contributed by atoms with Gasteiger partial charge in [0, 0.05) is 11.6 Å². The summed E-state index contributed by atoms with van der Waals surface area (Å²) in [6.07, 6.45) is 6.09. The van der Waals surface area contributed by atoms with Crippen molar-refractivity contribution >= 4 is 51.0 Å². The summed E-state index contributed by atoms with van der Waals surface area (Å²) in [7, 11) is 0. The Balaban J connectivity index is 1.33. The quantitative estimate of drug-likeness (QED) is 0.280. The lowest BCUT2D eigenvalue weighted by Crippen LogP contribution is -2.27. The summed E-state index contributed by atoms with van der Waals surface area (Å²) in [4.78, 5) is 12.7. The van der Waals surface area contributed by atoms with Crippen LogP contribution in [-0.2, 0) is 15.9 Å². The first kappa shape index (κ1) is 22.7. The van der Waals surface area contributed by atoms with E-state index >= 15 is 4.39 Å². The predicted molar refractivity (Wildman–Crippen MR) is 133 cm³/mol. The molecule has 0 spiro atoms. The van der Waals surface area contributed by atoms with Crippen molar-refractivity contribution in [2.24, 2.45) is 0 Å². The molecule has 1 fully saturated rings. The summed E-state index contributed by atoms with van der Waals surface area (Å²) < 4.78 is 29.9. The van der Waals surface area contributed by atoms with Crippen LogP contribution >= 0.6 is 23.2 Å². The van der Waals surface area contributed by atoms with Gasteiger partial charge in [-0.05, 0) is 50.0 Å². The number of aryl methyl sites for hydroxylation is 1. The zero-order chi connectivity index (χ0) is 24.5. The van der Waals surface area contributed by atoms with E-state index in [-0.39, 0.29) is 35.4 Å². The Labute approximate surface area is 210 Å². The first-order chi connectivity index (χ1) is 16.7. The molecule has 1 aliphatic heterocycles. The van der Waals surface area contributed by atoms with Gasteiger partial charge in [0.2, 0.25) is 0 Å². The normalized spacial score (nSPS) is 23.2. The SMILES string of the molecule is CC1(C)O[C@@H]2[C@H](O1)C(CCc1ccc3cc(Cl)c(N)nc3c1F)=C[C@H]2n1ccc2c(Cl)ncnc21. The number of anilines is 1. The van der Waals surface area contributed by atoms with Gasteiger partial charge in [-0.2, -0.15) is 0 Å². The fraction of sp³-hybridized carbons (Fsp3) is 0.320. The van der Waals surface area contributed by atoms with Gasteiger partial charge in [-0.3, -0.25) is 0 Å². The van der Waals surface area contributed by atoms with E-state index in [1.54, 1.807) is 12.1 Å². The molecule has 0 unspecified atom stereocenters. The summed E-state index contributed by atoms with van der Waals surface area (Å²) in [5.41, 5.74) is 8.35. The van der Waals surface area contributed by atoms with Gasteiger partial charge in [0.1, 0.15) is 40.7 Å². The van der Waals surface area contributed by atoms with E-state index in [9.17, 15) is 0 Å². The Morgan fingerprint density at radius 1 is 1.14 bits per heavy atom. The molecule has 0 amide bonds. The molecule has 1 aromatic carbocycles. The Bertz CT molecular complexity index is 1520. The molecular weight excluding hydrogens is 492 g/mol. The van der Waals surface area contributed by atoms with Crippen molar-refractivity contribution in [1.29, 1.82) is 0 Å². The number of fused-ring (bicyclic) bond motifs is 3. The van der Waals surface area contributed by atoms with Crippen LogP contribution in [0.25, 0.3) is 21.9 Å². The number of nitrogens with zero attached hydrogens (tertiary/aromatic N) is 4. The Hall–Kier alpha value is -2.78. The molecule has 2 aliphatic rings. The maximum absolute atomic E-state index is 15.3. The first-order valence-corrected chi connectivity index (χ1v) is 12.0. The Morgan fingerprint density at radius 3 is 2.80 bits per heavy atom. The minimum Gasteiger partial charge on any atom is -0.382 e. The van der Waals surface area contributed by atoms with Crippen LogP contribution in [0.1, 0.15) is 31.9 Å². The molecule has 2 N–H and O–H groups in total. The second-order valence-electron chi connectivity index (χ2n) is 9.34. The summed E-state index contributed by atoms with van der Waals surface area (Å²) in [6, 6.07) is 6.96. The Kier molecular flexibility index (Phi) is 5.27. The molecule has 0 saturated carbocycles. The van der Waals surface area contributed by atoms with Gasteiger partial charge in [0.05, 0.1) is 16.5 Å². The number of ether oxygens (including phenoxy) is 2. The van der Waals surface area contributed by atoms with Crippen molar-refractivity contribution in [3.8, 4) is 0 Å². The highest BCUT2D eigenvalue weighted by atomic mass is 35.5. The van der Waals surface area contributed by atoms with Crippen molar-refractivity contribution in [3.05, 3.63) is 70.0 Å². The zero-order valence-electron chi connectivity index (χ0n) is 19.0. The number of rotatable bonds is 4. The molecule has 180 valence electrons. The van der Waals surface area contributed by atoms with Crippen LogP contribution in [0.2, 0.25) is 10.2 Å². The number of hydrogen-bond acceptors (Lipinski definition) is 6. The number of pyridine rings is 1. The third kappa shape index (κ3) is 3.76. The van der Waals surface area contributed by atoms with E-state index in [1.165, 1.54) is 6.33 Å². The van der Waals surface area contributed by atoms with E-state index in [4.69, 9.17) is 38.4 Å². The topological polar surface area (TPSA) is 88.1 Å². The van der Waals surface area contributed by atoms with Crippen molar-refractivity contribution in [3.63, 3.8) is 0 Å². The maximum Gasteiger partial charge on any atom is 0.164 e. The van der Waals surface area contributed by atoms with Crippen LogP contribution in [0.5, 0.6) is 0 Å². The third-order valence-corrected chi connectivity index (χ3v) is 7.27. The average molecular weight is 514 g/mol. The van der Waals surface area contributed by atoms with E-state index in [2.05, 4.69) is 21.0 Å². The van der Waals surface area contributed by atoms with Gasteiger partial charge in [-0.1, -0.05) is 41.4 Å². The van der Waals surface area contributed by atoms with Crippen LogP contribution in [0.3, 0.4) is 0 Å². The number of nitrogens with two attached hydrogens (primary N) is 1. The highest BCUT2D eigenvalue weighted by Gasteiger charge is 2.50. The number of nitrogen functional groups attached to an aromatic ring is 1. The summed E-state index contributed by atoms with van der Waals surface area (Å²) in [5.74, 6) is -1.01. The largest absolute Gasteiger partial charge is 0.382 e. The molecule has 3 atom stereocenters. The van der Waals surface area contributed by atoms with Crippen LogP contribution in [0.15, 0.2) is 48.4 Å². The molecule has 1 saturated heterocycles. The third-order valence-electron chi connectivity index (χ3n) is 6.67. The molecule has 6 rings (SSSR count). The van der Waals surface area contributed by atoms with Crippen molar-refractivity contribution in [2.75, 3.05) is 5.73 Å². The minimum atomic E-state index is -0.738. The van der Waals surface area contributed by atoms with E-state index < -0.39 is 5.79 Å². The first-order valence-electron chi connectivity index (χ1n) is 11.3. The monoisotopic (exact) mass is 513 g/mol. The van der Waals surface area contributed by atoms with Crippen molar-refractivity contribution in [2.45, 2.75) is 50.7 Å². The van der Waals surface area contributed by atoms with E-state index in [1.807, 2.05) is 36.7 Å². The van der Waals surface area contributed by atoms with Gasteiger partial charge in [-0.15, -0.1) is 0 Å². The van der Waals surface area contributed by atoms with Crippen molar-refractivity contribution < 1.29 is 13.9 Å². The highest BCUT2D eigenvalue weighted by Crippen LogP contribution is 2.45. The molecule has 10 heteroatoms. The van der Waals surface area contributed by atoms with Crippen molar-refractivity contribution in [1.82, 2.24) is 19.5 Å². The zero-order valence-corrected chi connectivity index (χ0v) is 20.5. The highest BCUT2D eigenvalue weighted by molar-refractivity contribution is 6.34. The smallest absolute Gasteiger partial charge is 0.164 e. The average Bonchev–Trinajstić information content (AvgIpc) is 3.46. The van der Waals surface area contributed by atoms with Crippen LogP contribution in [0.4, 0.5) is 10.2 Å². The molecule has 1 aliphatic carbocycles. The number of halogens is 3. The Morgan fingerprint density at radius 2 is 1.97 bits per heavy atom. The summed E-state index contributed by atoms with van der Waals surface area (Å²) >= 11 is 12.3. The number of aromatic nitrogens is 4. The fourth-order valence-corrected chi connectivity index (χ4v) is 5.44. The van der Waals surface area contributed by atoms with Gasteiger partial charge >= 0.3 is 0 Å². The van der Waals surface area contributed by atoms with Gasteiger partial charge in [0.25, 0.3) is 0 Å². The second-order valence-corrected chi connectivity index (χ2v) is 10.1. The molecule has 4 heterocycles. The maximum atomic E-state index is 15.3. The molecule has 3 aromatic heterocycles. The molecule has 4 aromatic rings. The fourth-order valence-electron chi connectivity index (χ4n) is 5.09. The molecular formula is C25H22Cl2FN5O2. The second kappa shape index (κ2) is 8.13. The van der Waals surface area contributed by atoms with E-state index in [0.717, 1.165) is 16.6 Å². The van der Waals surface area contributed by atoms with Gasteiger partial charge in [0.15, 0.2) is 11.6 Å². The van der Waals surface area contributed by atoms with Crippen LogP contribution in [0, 0.1) is 5.82 Å². The standard InChI is InChI=1S/C25H22Cl2FN5O2/c1-25(2)34-20-14(6-4-12-3-5-13-9-16(26)23(29)32-19(13)18(12)28)10-17(21(20)35-25)33-8-7-15-22(27)30-11-31-24(15)33/h3,5,7-11,17,20-21H,4,6H2,1-2H3,(H2,29,32)/t17-,20-,21+/m1/s1. The minimum absolute atomic E-state index is 0.112. The number of hydrogen-bond donors (Lipinski definition) is 1. The molecule has 0 bridgehead atoms. The van der Waals surface area contributed by atoms with Gasteiger partial charge < -0.3 is 19.8 Å². The number of benzene rings is 1. The lowest BCUT2D eigenvalue weighted by molar-refractivity contribution is -0.147. The lowest BCUT2D eigenvalue weighted by Gasteiger charge is -2.22. The molecule has 7 nitrogen and oxygen atoms in total. The molecule has 0 radical (unpaired) electrons. The summed E-state index contributed by atoms with van der Waals surface area (Å²) in [6.45, 7) is 3.80. The van der Waals surface area contributed by atoms with Crippen LogP contribution in [-0.4, -0.2) is 37.5 Å². The summed E-state index contributed by atoms with van der Waals surface area (Å²) in [5, 5.41) is 2.09. The predicted octanol–water partition coefficient (Wildman–Crippen LogP) is 5.64. The van der Waals surface area contributed by atoms with E-state index in [0.29, 0.717) is 34.0 Å². The van der Waals surface area contributed by atoms with Crippen LogP contribution < -0.4 is 5.73 Å². The molecule has 35 heavy (non-hydrogen) atoms. The van der Waals surface area contributed by atoms with Gasteiger partial charge in [-0.25, -0.2) is 19.3 Å².